The average Bonchev–Trinajstić information content (AvgIpc) is 2.43. The molecule has 2 atom stereocenters. The SMILES string of the molecule is N/C(=N/O)C(CNCC(O)C(F)F)c1ccccc1. The van der Waals surface area contributed by atoms with E-state index in [1.165, 1.54) is 0 Å². The Bertz CT molecular complexity index is 401. The van der Waals surface area contributed by atoms with Crippen LogP contribution in [0.4, 0.5) is 8.78 Å². The van der Waals surface area contributed by atoms with Crippen molar-refractivity contribution < 1.29 is 19.1 Å². The summed E-state index contributed by atoms with van der Waals surface area (Å²) in [5.41, 5.74) is 6.36. The van der Waals surface area contributed by atoms with Crippen LogP contribution in [0.1, 0.15) is 11.5 Å². The Kier molecular flexibility index (Phi) is 6.17. The summed E-state index contributed by atoms with van der Waals surface area (Å²) in [6.45, 7) is -0.0800. The van der Waals surface area contributed by atoms with Gasteiger partial charge in [0.2, 0.25) is 0 Å². The van der Waals surface area contributed by atoms with Crippen LogP contribution in [-0.2, 0) is 0 Å². The van der Waals surface area contributed by atoms with Crippen LogP contribution >= 0.6 is 0 Å². The topological polar surface area (TPSA) is 90.9 Å². The number of rotatable bonds is 7. The number of amidine groups is 1. The van der Waals surface area contributed by atoms with Crippen LogP contribution in [0.5, 0.6) is 0 Å². The van der Waals surface area contributed by atoms with Gasteiger partial charge in [0, 0.05) is 13.1 Å². The van der Waals surface area contributed by atoms with Gasteiger partial charge in [-0.15, -0.1) is 0 Å². The quantitative estimate of drug-likeness (QED) is 0.255. The molecule has 0 saturated heterocycles. The number of hydrogen-bond acceptors (Lipinski definition) is 4. The van der Waals surface area contributed by atoms with E-state index in [9.17, 15) is 8.78 Å². The molecular formula is C12H17F2N3O2. The van der Waals surface area contributed by atoms with Gasteiger partial charge in [0.25, 0.3) is 6.43 Å². The molecule has 5 N–H and O–H groups in total. The fourth-order valence-corrected chi connectivity index (χ4v) is 1.61. The Hall–Kier alpha value is -1.73. The summed E-state index contributed by atoms with van der Waals surface area (Å²) in [5, 5.41) is 23.3. The number of halogens is 2. The molecule has 19 heavy (non-hydrogen) atoms. The van der Waals surface area contributed by atoms with Gasteiger partial charge in [-0.05, 0) is 5.56 Å². The van der Waals surface area contributed by atoms with Gasteiger partial charge >= 0.3 is 0 Å². The smallest absolute Gasteiger partial charge is 0.265 e. The number of nitrogens with one attached hydrogen (secondary N) is 1. The number of benzene rings is 1. The van der Waals surface area contributed by atoms with Crippen molar-refractivity contribution in [3.8, 4) is 0 Å². The third-order valence-electron chi connectivity index (χ3n) is 2.67. The number of aliphatic hydroxyl groups is 1. The van der Waals surface area contributed by atoms with E-state index in [4.69, 9.17) is 16.0 Å². The van der Waals surface area contributed by atoms with Crippen molar-refractivity contribution in [2.45, 2.75) is 18.4 Å². The molecule has 0 bridgehead atoms. The van der Waals surface area contributed by atoms with Gasteiger partial charge in [0.1, 0.15) is 11.9 Å². The molecule has 1 aromatic carbocycles. The van der Waals surface area contributed by atoms with E-state index >= 15 is 0 Å². The minimum atomic E-state index is -2.80. The lowest BCUT2D eigenvalue weighted by Gasteiger charge is -2.18. The first-order valence-electron chi connectivity index (χ1n) is 5.75. The Morgan fingerprint density at radius 2 is 1.89 bits per heavy atom. The largest absolute Gasteiger partial charge is 0.409 e. The Labute approximate surface area is 109 Å². The average molecular weight is 273 g/mol. The fraction of sp³-hybridized carbons (Fsp3) is 0.417. The van der Waals surface area contributed by atoms with E-state index < -0.39 is 18.4 Å². The molecule has 1 rings (SSSR count). The van der Waals surface area contributed by atoms with Crippen molar-refractivity contribution in [2.75, 3.05) is 13.1 Å². The Morgan fingerprint density at radius 3 is 2.42 bits per heavy atom. The summed E-state index contributed by atoms with van der Waals surface area (Å²) in [7, 11) is 0. The molecule has 0 radical (unpaired) electrons. The van der Waals surface area contributed by atoms with Gasteiger partial charge < -0.3 is 21.4 Å². The van der Waals surface area contributed by atoms with Crippen LogP contribution in [0.3, 0.4) is 0 Å². The molecule has 0 amide bonds. The highest BCUT2D eigenvalue weighted by molar-refractivity contribution is 5.87. The van der Waals surface area contributed by atoms with Gasteiger partial charge in [0.05, 0.1) is 5.92 Å². The predicted molar refractivity (Wildman–Crippen MR) is 67.5 cm³/mol. The molecule has 0 fully saturated rings. The number of aliphatic hydroxyl groups excluding tert-OH is 1. The first-order chi connectivity index (χ1) is 9.06. The maximum absolute atomic E-state index is 12.1. The second kappa shape index (κ2) is 7.65. The molecule has 5 nitrogen and oxygen atoms in total. The summed E-state index contributed by atoms with van der Waals surface area (Å²) in [4.78, 5) is 0. The molecule has 0 heterocycles. The van der Waals surface area contributed by atoms with Crippen molar-refractivity contribution in [3.05, 3.63) is 35.9 Å². The molecule has 0 spiro atoms. The van der Waals surface area contributed by atoms with Crippen LogP contribution in [0, 0.1) is 0 Å². The number of hydrogen-bond donors (Lipinski definition) is 4. The zero-order chi connectivity index (χ0) is 14.3. The van der Waals surface area contributed by atoms with Gasteiger partial charge in [-0.2, -0.15) is 0 Å². The van der Waals surface area contributed by atoms with Crippen LogP contribution in [0.25, 0.3) is 0 Å². The van der Waals surface area contributed by atoms with Gasteiger partial charge in [-0.25, -0.2) is 8.78 Å². The molecule has 7 heteroatoms. The van der Waals surface area contributed by atoms with Crippen LogP contribution in [0.15, 0.2) is 35.5 Å². The lowest BCUT2D eigenvalue weighted by atomic mass is 9.98. The van der Waals surface area contributed by atoms with Crippen molar-refractivity contribution in [3.63, 3.8) is 0 Å². The zero-order valence-electron chi connectivity index (χ0n) is 10.2. The minimum absolute atomic E-state index is 0.0229. The third-order valence-corrected chi connectivity index (χ3v) is 2.67. The highest BCUT2D eigenvalue weighted by Crippen LogP contribution is 2.14. The molecule has 0 saturated carbocycles. The second-order valence-electron chi connectivity index (χ2n) is 4.05. The molecule has 1 aromatic rings. The Morgan fingerprint density at radius 1 is 1.26 bits per heavy atom. The lowest BCUT2D eigenvalue weighted by Crippen LogP contribution is -2.37. The van der Waals surface area contributed by atoms with Crippen molar-refractivity contribution in [1.82, 2.24) is 5.32 Å². The van der Waals surface area contributed by atoms with Crippen molar-refractivity contribution in [2.24, 2.45) is 10.9 Å². The monoisotopic (exact) mass is 273 g/mol. The predicted octanol–water partition coefficient (Wildman–Crippen LogP) is 0.732. The summed E-state index contributed by atoms with van der Waals surface area (Å²) < 4.78 is 24.2. The van der Waals surface area contributed by atoms with Crippen LogP contribution in [-0.4, -0.2) is 41.8 Å². The second-order valence-corrected chi connectivity index (χ2v) is 4.05. The lowest BCUT2D eigenvalue weighted by molar-refractivity contribution is -0.00316. The summed E-state index contributed by atoms with van der Waals surface area (Å²) in [5.74, 6) is -0.471. The Balaban J connectivity index is 2.62. The molecule has 0 aliphatic rings. The van der Waals surface area contributed by atoms with Crippen LogP contribution < -0.4 is 11.1 Å². The van der Waals surface area contributed by atoms with E-state index in [1.54, 1.807) is 24.3 Å². The van der Waals surface area contributed by atoms with Gasteiger partial charge in [-0.3, -0.25) is 0 Å². The van der Waals surface area contributed by atoms with E-state index in [-0.39, 0.29) is 18.9 Å². The van der Waals surface area contributed by atoms with E-state index in [1.807, 2.05) is 6.07 Å². The van der Waals surface area contributed by atoms with Crippen LogP contribution in [0.2, 0.25) is 0 Å². The first kappa shape index (κ1) is 15.3. The zero-order valence-corrected chi connectivity index (χ0v) is 10.2. The number of nitrogens with zero attached hydrogens (tertiary/aromatic N) is 1. The molecule has 0 aromatic heterocycles. The number of oxime groups is 1. The summed E-state index contributed by atoms with van der Waals surface area (Å²) in [6.07, 6.45) is -4.53. The number of alkyl halides is 2. The molecule has 0 aliphatic heterocycles. The molecule has 2 unspecified atom stereocenters. The maximum atomic E-state index is 12.1. The minimum Gasteiger partial charge on any atom is -0.409 e. The molecule has 0 aliphatic carbocycles. The fourth-order valence-electron chi connectivity index (χ4n) is 1.61. The highest BCUT2D eigenvalue weighted by atomic mass is 19.3. The van der Waals surface area contributed by atoms with Crippen molar-refractivity contribution in [1.29, 1.82) is 0 Å². The third kappa shape index (κ3) is 4.80. The van der Waals surface area contributed by atoms with Crippen molar-refractivity contribution >= 4 is 5.84 Å². The normalized spacial score (nSPS) is 15.5. The van der Waals surface area contributed by atoms with Gasteiger partial charge in [-0.1, -0.05) is 35.5 Å². The molecule has 106 valence electrons. The van der Waals surface area contributed by atoms with E-state index in [2.05, 4.69) is 10.5 Å². The standard InChI is InChI=1S/C12H17F2N3O2/c13-11(14)10(18)7-16-6-9(12(15)17-19)8-4-2-1-3-5-8/h1-5,9-11,16,18-19H,6-7H2,(H2,15,17). The highest BCUT2D eigenvalue weighted by Gasteiger charge is 2.19. The number of nitrogens with two attached hydrogens (primary N) is 1. The maximum Gasteiger partial charge on any atom is 0.265 e. The van der Waals surface area contributed by atoms with Gasteiger partial charge in [0.15, 0.2) is 0 Å². The molecular weight excluding hydrogens is 256 g/mol. The summed E-state index contributed by atoms with van der Waals surface area (Å²) >= 11 is 0. The first-order valence-corrected chi connectivity index (χ1v) is 5.75. The van der Waals surface area contributed by atoms with E-state index in [0.29, 0.717) is 0 Å². The van der Waals surface area contributed by atoms with E-state index in [0.717, 1.165) is 5.56 Å². The summed E-state index contributed by atoms with van der Waals surface area (Å²) in [6, 6.07) is 8.98.